The maximum absolute atomic E-state index is 12.0. The number of amides is 1. The molecule has 4 nitrogen and oxygen atoms in total. The average Bonchev–Trinajstić information content (AvgIpc) is 2.93. The first-order valence-electron chi connectivity index (χ1n) is 6.95. The number of hydrogen-bond donors (Lipinski definition) is 2. The maximum atomic E-state index is 12.0. The first-order chi connectivity index (χ1) is 9.20. The molecule has 0 aromatic heterocycles. The van der Waals surface area contributed by atoms with Crippen LogP contribution in [0.4, 0.5) is 5.69 Å². The molecular formula is C15H22N2O2. The molecule has 1 aromatic carbocycles. The lowest BCUT2D eigenvalue weighted by molar-refractivity contribution is -0.119. The summed E-state index contributed by atoms with van der Waals surface area (Å²) in [5, 5.41) is 6.21. The van der Waals surface area contributed by atoms with E-state index >= 15 is 0 Å². The van der Waals surface area contributed by atoms with Gasteiger partial charge >= 0.3 is 0 Å². The Labute approximate surface area is 114 Å². The van der Waals surface area contributed by atoms with Crippen molar-refractivity contribution < 1.29 is 9.53 Å². The summed E-state index contributed by atoms with van der Waals surface area (Å²) in [4.78, 5) is 12.0. The van der Waals surface area contributed by atoms with Crippen LogP contribution in [0, 0.1) is 12.8 Å². The monoisotopic (exact) mass is 262 g/mol. The molecule has 0 radical (unpaired) electrons. The Morgan fingerprint density at radius 1 is 1.53 bits per heavy atom. The Morgan fingerprint density at radius 2 is 2.37 bits per heavy atom. The fourth-order valence-electron chi connectivity index (χ4n) is 2.20. The van der Waals surface area contributed by atoms with Crippen molar-refractivity contribution >= 4 is 11.6 Å². The highest BCUT2D eigenvalue weighted by Gasteiger charge is 2.22. The van der Waals surface area contributed by atoms with Gasteiger partial charge in [0.25, 0.3) is 0 Å². The summed E-state index contributed by atoms with van der Waals surface area (Å²) in [5.41, 5.74) is 1.91. The van der Waals surface area contributed by atoms with Crippen LogP contribution >= 0.6 is 0 Å². The van der Waals surface area contributed by atoms with Crippen molar-refractivity contribution in [1.82, 2.24) is 5.32 Å². The Bertz CT molecular complexity index is 440. The molecule has 0 spiro atoms. The van der Waals surface area contributed by atoms with Gasteiger partial charge in [-0.15, -0.1) is 0 Å². The Hall–Kier alpha value is -1.55. The van der Waals surface area contributed by atoms with Gasteiger partial charge in [-0.25, -0.2) is 0 Å². The van der Waals surface area contributed by atoms with Crippen LogP contribution in [0.3, 0.4) is 0 Å². The van der Waals surface area contributed by atoms with Gasteiger partial charge in [-0.05, 0) is 50.1 Å². The average molecular weight is 262 g/mol. The lowest BCUT2D eigenvalue weighted by Crippen LogP contribution is -2.24. The van der Waals surface area contributed by atoms with Gasteiger partial charge in [-0.3, -0.25) is 4.79 Å². The minimum atomic E-state index is 0.0930. The van der Waals surface area contributed by atoms with Crippen LogP contribution in [0.15, 0.2) is 18.2 Å². The molecular weight excluding hydrogens is 240 g/mol. The van der Waals surface area contributed by atoms with Gasteiger partial charge in [0.05, 0.1) is 12.5 Å². The zero-order chi connectivity index (χ0) is 13.7. The van der Waals surface area contributed by atoms with Crippen molar-refractivity contribution in [3.05, 3.63) is 23.8 Å². The molecule has 0 saturated carbocycles. The molecule has 1 amide bonds. The van der Waals surface area contributed by atoms with E-state index in [9.17, 15) is 4.79 Å². The van der Waals surface area contributed by atoms with E-state index in [4.69, 9.17) is 4.74 Å². The molecule has 104 valence electrons. The van der Waals surface area contributed by atoms with E-state index in [1.807, 2.05) is 25.1 Å². The maximum Gasteiger partial charge on any atom is 0.228 e. The number of carbonyl (C=O) groups excluding carboxylic acids is 1. The molecule has 19 heavy (non-hydrogen) atoms. The van der Waals surface area contributed by atoms with Crippen molar-refractivity contribution in [2.75, 3.05) is 25.0 Å². The Morgan fingerprint density at radius 3 is 3.00 bits per heavy atom. The molecule has 1 fully saturated rings. The number of hydrogen-bond acceptors (Lipinski definition) is 3. The van der Waals surface area contributed by atoms with Crippen LogP contribution in [-0.4, -0.2) is 25.6 Å². The highest BCUT2D eigenvalue weighted by atomic mass is 16.5. The molecule has 0 bridgehead atoms. The number of benzene rings is 1. The molecule has 2 N–H and O–H groups in total. The molecule has 1 unspecified atom stereocenters. The third kappa shape index (κ3) is 3.70. The van der Waals surface area contributed by atoms with Gasteiger partial charge in [-0.1, -0.05) is 6.92 Å². The molecule has 1 atom stereocenters. The normalized spacial score (nSPS) is 18.3. The second-order valence-electron chi connectivity index (χ2n) is 5.00. The lowest BCUT2D eigenvalue weighted by Gasteiger charge is -2.13. The molecule has 2 rings (SSSR count). The third-order valence-corrected chi connectivity index (χ3v) is 3.36. The minimum absolute atomic E-state index is 0.0930. The minimum Gasteiger partial charge on any atom is -0.494 e. The number of anilines is 1. The van der Waals surface area contributed by atoms with Gasteiger partial charge in [0.1, 0.15) is 5.75 Å². The predicted molar refractivity (Wildman–Crippen MR) is 76.6 cm³/mol. The van der Waals surface area contributed by atoms with E-state index in [1.54, 1.807) is 0 Å². The van der Waals surface area contributed by atoms with Gasteiger partial charge in [0.2, 0.25) is 5.91 Å². The number of rotatable bonds is 5. The summed E-state index contributed by atoms with van der Waals surface area (Å²) >= 11 is 0. The fraction of sp³-hybridized carbons (Fsp3) is 0.533. The van der Waals surface area contributed by atoms with Crippen LogP contribution in [0.25, 0.3) is 0 Å². The van der Waals surface area contributed by atoms with E-state index in [2.05, 4.69) is 17.6 Å². The van der Waals surface area contributed by atoms with Crippen molar-refractivity contribution in [1.29, 1.82) is 0 Å². The van der Waals surface area contributed by atoms with E-state index in [-0.39, 0.29) is 11.8 Å². The van der Waals surface area contributed by atoms with Crippen molar-refractivity contribution in [2.45, 2.75) is 26.7 Å². The summed E-state index contributed by atoms with van der Waals surface area (Å²) in [7, 11) is 0. The van der Waals surface area contributed by atoms with E-state index in [1.165, 1.54) is 0 Å². The van der Waals surface area contributed by atoms with Gasteiger partial charge in [0, 0.05) is 12.2 Å². The van der Waals surface area contributed by atoms with Crippen LogP contribution in [0.1, 0.15) is 25.3 Å². The van der Waals surface area contributed by atoms with Crippen molar-refractivity contribution in [3.8, 4) is 5.75 Å². The highest BCUT2D eigenvalue weighted by molar-refractivity contribution is 5.93. The zero-order valence-electron chi connectivity index (χ0n) is 11.7. The number of carbonyl (C=O) groups is 1. The predicted octanol–water partition coefficient (Wildman–Crippen LogP) is 2.33. The van der Waals surface area contributed by atoms with Crippen LogP contribution in [0.2, 0.25) is 0 Å². The van der Waals surface area contributed by atoms with Crippen LogP contribution in [-0.2, 0) is 4.79 Å². The quantitative estimate of drug-likeness (QED) is 0.856. The van der Waals surface area contributed by atoms with Crippen molar-refractivity contribution in [2.24, 2.45) is 5.92 Å². The van der Waals surface area contributed by atoms with Crippen LogP contribution in [0.5, 0.6) is 5.75 Å². The van der Waals surface area contributed by atoms with Gasteiger partial charge in [-0.2, -0.15) is 0 Å². The number of nitrogens with one attached hydrogen (secondary N) is 2. The SMILES string of the molecule is CCCOc1ccc(NC(=O)C2CCNC2)c(C)c1. The molecule has 1 aliphatic rings. The topological polar surface area (TPSA) is 50.4 Å². The standard InChI is InChI=1S/C15H22N2O2/c1-3-8-19-13-4-5-14(11(2)9-13)17-15(18)12-6-7-16-10-12/h4-5,9,12,16H,3,6-8,10H2,1-2H3,(H,17,18). The summed E-state index contributed by atoms with van der Waals surface area (Å²) in [5.74, 6) is 1.06. The Balaban J connectivity index is 1.98. The molecule has 1 heterocycles. The van der Waals surface area contributed by atoms with Gasteiger partial charge in [0.15, 0.2) is 0 Å². The Kier molecular flexibility index (Phi) is 4.80. The van der Waals surface area contributed by atoms with Crippen LogP contribution < -0.4 is 15.4 Å². The summed E-state index contributed by atoms with van der Waals surface area (Å²) in [6.07, 6.45) is 1.91. The summed E-state index contributed by atoms with van der Waals surface area (Å²) < 4.78 is 5.57. The third-order valence-electron chi connectivity index (χ3n) is 3.36. The second kappa shape index (κ2) is 6.57. The fourth-order valence-corrected chi connectivity index (χ4v) is 2.20. The lowest BCUT2D eigenvalue weighted by atomic mass is 10.1. The largest absolute Gasteiger partial charge is 0.494 e. The van der Waals surface area contributed by atoms with Gasteiger partial charge < -0.3 is 15.4 Å². The highest BCUT2D eigenvalue weighted by Crippen LogP contribution is 2.22. The molecule has 1 aliphatic heterocycles. The second-order valence-corrected chi connectivity index (χ2v) is 5.00. The number of ether oxygens (including phenoxy) is 1. The first kappa shape index (κ1) is 13.9. The molecule has 0 aliphatic carbocycles. The van der Waals surface area contributed by atoms with Crippen molar-refractivity contribution in [3.63, 3.8) is 0 Å². The number of aryl methyl sites for hydroxylation is 1. The first-order valence-corrected chi connectivity index (χ1v) is 6.95. The molecule has 4 heteroatoms. The van der Waals surface area contributed by atoms with E-state index in [0.29, 0.717) is 0 Å². The molecule has 1 aromatic rings. The zero-order valence-corrected chi connectivity index (χ0v) is 11.7. The molecule has 1 saturated heterocycles. The van der Waals surface area contributed by atoms with E-state index in [0.717, 1.165) is 49.5 Å². The van der Waals surface area contributed by atoms with E-state index < -0.39 is 0 Å². The smallest absolute Gasteiger partial charge is 0.228 e. The summed E-state index contributed by atoms with van der Waals surface area (Å²) in [6.45, 7) is 6.50. The summed E-state index contributed by atoms with van der Waals surface area (Å²) in [6, 6.07) is 5.80.